The number of hydrogen-bond donors (Lipinski definition) is 1. The van der Waals surface area contributed by atoms with Gasteiger partial charge in [0, 0.05) is 24.4 Å². The van der Waals surface area contributed by atoms with Crippen LogP contribution in [0, 0.1) is 6.92 Å². The molecule has 2 aromatic rings. The summed E-state index contributed by atoms with van der Waals surface area (Å²) >= 11 is 0. The molecule has 1 heterocycles. The van der Waals surface area contributed by atoms with Gasteiger partial charge in [-0.25, -0.2) is 13.4 Å². The zero-order valence-corrected chi connectivity index (χ0v) is 12.7. The van der Waals surface area contributed by atoms with Crippen molar-refractivity contribution in [2.24, 2.45) is 0 Å². The van der Waals surface area contributed by atoms with Gasteiger partial charge in [0.05, 0.1) is 11.5 Å². The minimum absolute atomic E-state index is 0.174. The van der Waals surface area contributed by atoms with Crippen LogP contribution in [0.3, 0.4) is 0 Å². The molecule has 0 bridgehead atoms. The molecule has 1 aromatic heterocycles. The van der Waals surface area contributed by atoms with Crippen LogP contribution in [0.15, 0.2) is 35.4 Å². The van der Waals surface area contributed by atoms with Gasteiger partial charge < -0.3 is 10.5 Å². The van der Waals surface area contributed by atoms with E-state index < -0.39 is 9.84 Å². The summed E-state index contributed by atoms with van der Waals surface area (Å²) in [4.78, 5) is 8.20. The van der Waals surface area contributed by atoms with E-state index in [4.69, 9.17) is 10.5 Å². The topological polar surface area (TPSA) is 95.2 Å². The van der Waals surface area contributed by atoms with Crippen LogP contribution < -0.4 is 10.5 Å². The number of anilines is 1. The van der Waals surface area contributed by atoms with Crippen LogP contribution in [0.2, 0.25) is 0 Å². The quantitative estimate of drug-likeness (QED) is 0.897. The number of ether oxygens (including phenoxy) is 1. The molecule has 0 aliphatic rings. The third-order valence-electron chi connectivity index (χ3n) is 2.92. The molecule has 2 rings (SSSR count). The number of nitrogens with zero attached hydrogens (tertiary/aromatic N) is 2. The first-order chi connectivity index (χ1) is 9.86. The molecule has 0 aliphatic heterocycles. The van der Waals surface area contributed by atoms with E-state index >= 15 is 0 Å². The molecule has 6 nitrogen and oxygen atoms in total. The van der Waals surface area contributed by atoms with Gasteiger partial charge in [0.25, 0.3) is 0 Å². The van der Waals surface area contributed by atoms with E-state index in [1.165, 1.54) is 6.26 Å². The van der Waals surface area contributed by atoms with E-state index in [0.29, 0.717) is 23.8 Å². The number of aromatic nitrogens is 2. The fourth-order valence-corrected chi connectivity index (χ4v) is 2.38. The number of benzene rings is 1. The maximum atomic E-state index is 11.4. The third kappa shape index (κ3) is 4.16. The Hall–Kier alpha value is -2.15. The van der Waals surface area contributed by atoms with Crippen LogP contribution in [0.4, 0.5) is 5.95 Å². The molecule has 1 aromatic carbocycles. The Balaban J connectivity index is 1.96. The van der Waals surface area contributed by atoms with Crippen LogP contribution in [-0.4, -0.2) is 31.2 Å². The fraction of sp³-hybridized carbons (Fsp3) is 0.286. The Morgan fingerprint density at radius 2 is 1.90 bits per heavy atom. The lowest BCUT2D eigenvalue weighted by molar-refractivity contribution is 0.307. The molecule has 0 saturated heterocycles. The van der Waals surface area contributed by atoms with Crippen LogP contribution in [0.5, 0.6) is 5.88 Å². The predicted molar refractivity (Wildman–Crippen MR) is 79.9 cm³/mol. The number of aryl methyl sites for hydroxylation is 1. The van der Waals surface area contributed by atoms with E-state index in [1.807, 2.05) is 6.92 Å². The number of rotatable bonds is 5. The summed E-state index contributed by atoms with van der Waals surface area (Å²) in [7, 11) is -3.16. The van der Waals surface area contributed by atoms with Crippen molar-refractivity contribution in [2.45, 2.75) is 18.2 Å². The van der Waals surface area contributed by atoms with Crippen molar-refractivity contribution in [1.29, 1.82) is 0 Å². The molecular formula is C14H17N3O3S. The van der Waals surface area contributed by atoms with Gasteiger partial charge in [-0.15, -0.1) is 0 Å². The van der Waals surface area contributed by atoms with Crippen molar-refractivity contribution < 1.29 is 13.2 Å². The largest absolute Gasteiger partial charge is 0.477 e. The number of sulfone groups is 1. The highest BCUT2D eigenvalue weighted by molar-refractivity contribution is 7.90. The zero-order chi connectivity index (χ0) is 15.5. The van der Waals surface area contributed by atoms with Gasteiger partial charge in [0.15, 0.2) is 9.84 Å². The summed E-state index contributed by atoms with van der Waals surface area (Å²) in [6.07, 6.45) is 3.44. The van der Waals surface area contributed by atoms with Crippen molar-refractivity contribution in [2.75, 3.05) is 18.6 Å². The van der Waals surface area contributed by atoms with Gasteiger partial charge in [-0.3, -0.25) is 0 Å². The lowest BCUT2D eigenvalue weighted by Gasteiger charge is -2.08. The SMILES string of the molecule is Cc1cnc(N)nc1OCCc1ccc(S(C)(=O)=O)cc1. The first kappa shape index (κ1) is 15.2. The summed E-state index contributed by atoms with van der Waals surface area (Å²) in [5.74, 6) is 0.642. The van der Waals surface area contributed by atoms with Crippen molar-refractivity contribution in [3.63, 3.8) is 0 Å². The van der Waals surface area contributed by atoms with E-state index in [0.717, 1.165) is 11.1 Å². The van der Waals surface area contributed by atoms with Gasteiger partial charge in [-0.2, -0.15) is 4.98 Å². The Bertz CT molecular complexity index is 728. The maximum Gasteiger partial charge on any atom is 0.223 e. The van der Waals surface area contributed by atoms with Gasteiger partial charge in [0.2, 0.25) is 11.8 Å². The van der Waals surface area contributed by atoms with Gasteiger partial charge in [-0.05, 0) is 24.6 Å². The highest BCUT2D eigenvalue weighted by atomic mass is 32.2. The Kier molecular flexibility index (Phi) is 4.42. The van der Waals surface area contributed by atoms with Crippen LogP contribution >= 0.6 is 0 Å². The van der Waals surface area contributed by atoms with Crippen molar-refractivity contribution in [1.82, 2.24) is 9.97 Å². The molecule has 0 radical (unpaired) electrons. The summed E-state index contributed by atoms with van der Waals surface area (Å²) in [6.45, 7) is 2.27. The molecule has 21 heavy (non-hydrogen) atoms. The average Bonchev–Trinajstić information content (AvgIpc) is 2.42. The van der Waals surface area contributed by atoms with Crippen molar-refractivity contribution >= 4 is 15.8 Å². The monoisotopic (exact) mass is 307 g/mol. The molecule has 0 fully saturated rings. The van der Waals surface area contributed by atoms with E-state index in [9.17, 15) is 8.42 Å². The molecule has 7 heteroatoms. The maximum absolute atomic E-state index is 11.4. The molecule has 0 amide bonds. The third-order valence-corrected chi connectivity index (χ3v) is 4.05. The molecule has 0 spiro atoms. The minimum Gasteiger partial charge on any atom is -0.477 e. The number of nitrogens with two attached hydrogens (primary N) is 1. The number of hydrogen-bond acceptors (Lipinski definition) is 6. The zero-order valence-electron chi connectivity index (χ0n) is 11.9. The van der Waals surface area contributed by atoms with Crippen molar-refractivity contribution in [3.05, 3.63) is 41.6 Å². The van der Waals surface area contributed by atoms with E-state index in [1.54, 1.807) is 30.5 Å². The highest BCUT2D eigenvalue weighted by Crippen LogP contribution is 2.15. The molecule has 0 unspecified atom stereocenters. The molecule has 0 atom stereocenters. The van der Waals surface area contributed by atoms with Gasteiger partial charge >= 0.3 is 0 Å². The Morgan fingerprint density at radius 3 is 2.52 bits per heavy atom. The summed E-state index contributed by atoms with van der Waals surface area (Å²) in [5, 5.41) is 0. The fourth-order valence-electron chi connectivity index (χ4n) is 1.75. The first-order valence-electron chi connectivity index (χ1n) is 6.37. The lowest BCUT2D eigenvalue weighted by atomic mass is 10.2. The highest BCUT2D eigenvalue weighted by Gasteiger charge is 2.07. The lowest BCUT2D eigenvalue weighted by Crippen LogP contribution is -2.06. The standard InChI is InChI=1S/C14H17N3O3S/c1-10-9-16-14(15)17-13(10)20-8-7-11-3-5-12(6-4-11)21(2,18)19/h3-6,9H,7-8H2,1-2H3,(H2,15,16,17). The smallest absolute Gasteiger partial charge is 0.223 e. The second kappa shape index (κ2) is 6.09. The second-order valence-corrected chi connectivity index (χ2v) is 6.75. The Morgan fingerprint density at radius 1 is 1.24 bits per heavy atom. The molecular weight excluding hydrogens is 290 g/mol. The molecule has 112 valence electrons. The average molecular weight is 307 g/mol. The molecule has 0 aliphatic carbocycles. The van der Waals surface area contributed by atoms with Gasteiger partial charge in [0.1, 0.15) is 0 Å². The molecule has 0 saturated carbocycles. The molecule has 2 N–H and O–H groups in total. The van der Waals surface area contributed by atoms with Gasteiger partial charge in [-0.1, -0.05) is 12.1 Å². The predicted octanol–water partition coefficient (Wildman–Crippen LogP) is 1.39. The minimum atomic E-state index is -3.16. The van der Waals surface area contributed by atoms with Crippen LogP contribution in [0.25, 0.3) is 0 Å². The summed E-state index contributed by atoms with van der Waals surface area (Å²) in [5.41, 5.74) is 7.31. The van der Waals surface area contributed by atoms with E-state index in [2.05, 4.69) is 9.97 Å². The van der Waals surface area contributed by atoms with Crippen LogP contribution in [0.1, 0.15) is 11.1 Å². The summed E-state index contributed by atoms with van der Waals surface area (Å²) in [6, 6.07) is 6.75. The van der Waals surface area contributed by atoms with E-state index in [-0.39, 0.29) is 5.95 Å². The van der Waals surface area contributed by atoms with Crippen molar-refractivity contribution in [3.8, 4) is 5.88 Å². The summed E-state index contributed by atoms with van der Waals surface area (Å²) < 4.78 is 28.3. The number of nitrogen functional groups attached to an aromatic ring is 1. The van der Waals surface area contributed by atoms with Crippen LogP contribution in [-0.2, 0) is 16.3 Å². The Labute approximate surface area is 123 Å². The first-order valence-corrected chi connectivity index (χ1v) is 8.26. The second-order valence-electron chi connectivity index (χ2n) is 4.73. The normalized spacial score (nSPS) is 11.3.